The van der Waals surface area contributed by atoms with E-state index < -0.39 is 5.54 Å². The quantitative estimate of drug-likeness (QED) is 0.770. The number of hydrogen-bond acceptors (Lipinski definition) is 3. The molecular weight excluding hydrogens is 268 g/mol. The number of rotatable bonds is 5. The van der Waals surface area contributed by atoms with Gasteiger partial charge in [-0.2, -0.15) is 0 Å². The van der Waals surface area contributed by atoms with Gasteiger partial charge >= 0.3 is 0 Å². The van der Waals surface area contributed by atoms with E-state index >= 15 is 0 Å². The number of aliphatic hydroxyl groups is 1. The van der Waals surface area contributed by atoms with Crippen LogP contribution in [0.1, 0.15) is 61.1 Å². The van der Waals surface area contributed by atoms with E-state index in [1.165, 1.54) is 0 Å². The maximum Gasteiger partial charge on any atom is 0.261 e. The van der Waals surface area contributed by atoms with E-state index in [9.17, 15) is 9.59 Å². The average molecular weight is 292 g/mol. The lowest BCUT2D eigenvalue weighted by Crippen LogP contribution is -2.47. The van der Waals surface area contributed by atoms with Crippen molar-refractivity contribution in [3.05, 3.63) is 33.2 Å². The number of amides is 1. The molecule has 5 heteroatoms. The molecule has 0 fully saturated rings. The lowest BCUT2D eigenvalue weighted by Gasteiger charge is -2.29. The van der Waals surface area contributed by atoms with Gasteiger partial charge in [-0.3, -0.25) is 9.59 Å². The summed E-state index contributed by atoms with van der Waals surface area (Å²) in [6.45, 7) is 3.84. The fourth-order valence-corrected chi connectivity index (χ4v) is 2.76. The molecule has 116 valence electrons. The molecule has 1 aliphatic rings. The molecule has 1 atom stereocenters. The van der Waals surface area contributed by atoms with Gasteiger partial charge in [0.2, 0.25) is 0 Å². The molecule has 1 unspecified atom stereocenters. The summed E-state index contributed by atoms with van der Waals surface area (Å²) in [5.41, 5.74) is 1.40. The second-order valence-electron chi connectivity index (χ2n) is 6.06. The number of aromatic nitrogens is 1. The molecule has 1 aliphatic carbocycles. The highest BCUT2D eigenvalue weighted by atomic mass is 16.3. The first kappa shape index (κ1) is 15.8. The van der Waals surface area contributed by atoms with Crippen LogP contribution in [0.4, 0.5) is 0 Å². The standard InChI is InChI=1S/C16H24N2O3/c1-3-16(2,8-9-19)18-15(21)12-10-11-6-4-5-7-13(11)17-14(12)20/h10,19H,3-9H2,1-2H3,(H,17,20)(H,18,21). The van der Waals surface area contributed by atoms with Crippen LogP contribution < -0.4 is 10.9 Å². The molecule has 0 radical (unpaired) electrons. The highest BCUT2D eigenvalue weighted by molar-refractivity contribution is 5.94. The van der Waals surface area contributed by atoms with E-state index in [0.717, 1.165) is 36.9 Å². The van der Waals surface area contributed by atoms with Crippen LogP contribution >= 0.6 is 0 Å². The molecule has 0 saturated carbocycles. The number of aliphatic hydroxyl groups excluding tert-OH is 1. The summed E-state index contributed by atoms with van der Waals surface area (Å²) >= 11 is 0. The zero-order valence-corrected chi connectivity index (χ0v) is 12.8. The zero-order chi connectivity index (χ0) is 15.5. The van der Waals surface area contributed by atoms with Crippen LogP contribution in [-0.4, -0.2) is 28.1 Å². The molecule has 1 aromatic heterocycles. The summed E-state index contributed by atoms with van der Waals surface area (Å²) in [7, 11) is 0. The third-order valence-corrected chi connectivity index (χ3v) is 4.44. The van der Waals surface area contributed by atoms with Gasteiger partial charge in [0.1, 0.15) is 5.56 Å². The SMILES string of the molecule is CCC(C)(CCO)NC(=O)c1cc2c([nH]c1=O)CCCC2. The molecule has 0 bridgehead atoms. The highest BCUT2D eigenvalue weighted by Crippen LogP contribution is 2.19. The molecule has 1 aromatic rings. The van der Waals surface area contributed by atoms with Crippen LogP contribution in [0.15, 0.2) is 10.9 Å². The third-order valence-electron chi connectivity index (χ3n) is 4.44. The monoisotopic (exact) mass is 292 g/mol. The minimum atomic E-state index is -0.492. The van der Waals surface area contributed by atoms with Gasteiger partial charge in [-0.1, -0.05) is 6.92 Å². The van der Waals surface area contributed by atoms with Gasteiger partial charge in [-0.25, -0.2) is 0 Å². The topological polar surface area (TPSA) is 82.2 Å². The predicted molar refractivity (Wildman–Crippen MR) is 81.6 cm³/mol. The largest absolute Gasteiger partial charge is 0.396 e. The average Bonchev–Trinajstić information content (AvgIpc) is 2.46. The van der Waals surface area contributed by atoms with Crippen LogP contribution in [0.5, 0.6) is 0 Å². The van der Waals surface area contributed by atoms with E-state index in [1.807, 2.05) is 13.8 Å². The molecule has 0 aliphatic heterocycles. The second-order valence-corrected chi connectivity index (χ2v) is 6.06. The first-order chi connectivity index (χ1) is 9.99. The van der Waals surface area contributed by atoms with Crippen molar-refractivity contribution in [2.24, 2.45) is 0 Å². The molecule has 21 heavy (non-hydrogen) atoms. The van der Waals surface area contributed by atoms with Crippen molar-refractivity contribution in [1.29, 1.82) is 0 Å². The molecule has 0 spiro atoms. The Hall–Kier alpha value is -1.62. The van der Waals surface area contributed by atoms with Gasteiger partial charge < -0.3 is 15.4 Å². The normalized spacial score (nSPS) is 16.9. The Bertz CT molecular complexity index is 579. The minimum Gasteiger partial charge on any atom is -0.396 e. The van der Waals surface area contributed by atoms with E-state index in [-0.39, 0.29) is 23.6 Å². The van der Waals surface area contributed by atoms with Crippen molar-refractivity contribution in [2.75, 3.05) is 6.61 Å². The van der Waals surface area contributed by atoms with Gasteiger partial charge in [-0.15, -0.1) is 0 Å². The number of pyridine rings is 1. The fourth-order valence-electron chi connectivity index (χ4n) is 2.76. The lowest BCUT2D eigenvalue weighted by atomic mass is 9.93. The van der Waals surface area contributed by atoms with Crippen molar-refractivity contribution in [3.63, 3.8) is 0 Å². The summed E-state index contributed by atoms with van der Waals surface area (Å²) in [6, 6.07) is 1.73. The number of carbonyl (C=O) groups is 1. The Balaban J connectivity index is 2.25. The van der Waals surface area contributed by atoms with Crippen molar-refractivity contribution in [2.45, 2.75) is 57.9 Å². The number of carbonyl (C=O) groups excluding carboxylic acids is 1. The molecular formula is C16H24N2O3. The maximum absolute atomic E-state index is 12.4. The first-order valence-corrected chi connectivity index (χ1v) is 7.67. The van der Waals surface area contributed by atoms with Crippen LogP contribution in [0.2, 0.25) is 0 Å². The zero-order valence-electron chi connectivity index (χ0n) is 12.8. The summed E-state index contributed by atoms with van der Waals surface area (Å²) in [5, 5.41) is 12.0. The molecule has 5 nitrogen and oxygen atoms in total. The summed E-state index contributed by atoms with van der Waals surface area (Å²) in [4.78, 5) is 27.3. The Morgan fingerprint density at radius 3 is 2.81 bits per heavy atom. The number of aromatic amines is 1. The first-order valence-electron chi connectivity index (χ1n) is 7.67. The molecule has 2 rings (SSSR count). The van der Waals surface area contributed by atoms with Crippen LogP contribution in [0.3, 0.4) is 0 Å². The molecule has 0 aromatic carbocycles. The van der Waals surface area contributed by atoms with Crippen LogP contribution in [0.25, 0.3) is 0 Å². The van der Waals surface area contributed by atoms with Gasteiger partial charge in [0.25, 0.3) is 11.5 Å². The Labute approximate surface area is 124 Å². The number of aryl methyl sites for hydroxylation is 2. The van der Waals surface area contributed by atoms with E-state index in [2.05, 4.69) is 10.3 Å². The van der Waals surface area contributed by atoms with E-state index in [4.69, 9.17) is 5.11 Å². The maximum atomic E-state index is 12.4. The molecule has 0 saturated heterocycles. The number of H-pyrrole nitrogens is 1. The highest BCUT2D eigenvalue weighted by Gasteiger charge is 2.26. The minimum absolute atomic E-state index is 0.00512. The summed E-state index contributed by atoms with van der Waals surface area (Å²) in [5.74, 6) is -0.359. The van der Waals surface area contributed by atoms with E-state index in [0.29, 0.717) is 12.8 Å². The Morgan fingerprint density at radius 1 is 1.43 bits per heavy atom. The van der Waals surface area contributed by atoms with Crippen molar-refractivity contribution in [1.82, 2.24) is 10.3 Å². The molecule has 1 heterocycles. The van der Waals surface area contributed by atoms with Crippen molar-refractivity contribution in [3.8, 4) is 0 Å². The Morgan fingerprint density at radius 2 is 2.14 bits per heavy atom. The lowest BCUT2D eigenvalue weighted by molar-refractivity contribution is 0.0884. The number of nitrogens with one attached hydrogen (secondary N) is 2. The van der Waals surface area contributed by atoms with Gasteiger partial charge in [0, 0.05) is 17.8 Å². The predicted octanol–water partition coefficient (Wildman–Crippen LogP) is 1.53. The van der Waals surface area contributed by atoms with Crippen LogP contribution in [0, 0.1) is 0 Å². The smallest absolute Gasteiger partial charge is 0.261 e. The Kier molecular flexibility index (Phi) is 4.83. The van der Waals surface area contributed by atoms with Gasteiger partial charge in [0.15, 0.2) is 0 Å². The number of hydrogen-bond donors (Lipinski definition) is 3. The van der Waals surface area contributed by atoms with Crippen LogP contribution in [-0.2, 0) is 12.8 Å². The van der Waals surface area contributed by atoms with Crippen molar-refractivity contribution >= 4 is 5.91 Å². The summed E-state index contributed by atoms with van der Waals surface area (Å²) < 4.78 is 0. The van der Waals surface area contributed by atoms with E-state index in [1.54, 1.807) is 6.07 Å². The summed E-state index contributed by atoms with van der Waals surface area (Å²) in [6.07, 6.45) is 5.13. The van der Waals surface area contributed by atoms with Crippen molar-refractivity contribution < 1.29 is 9.90 Å². The fraction of sp³-hybridized carbons (Fsp3) is 0.625. The third kappa shape index (κ3) is 3.53. The van der Waals surface area contributed by atoms with Gasteiger partial charge in [-0.05, 0) is 57.1 Å². The molecule has 3 N–H and O–H groups in total. The number of fused-ring (bicyclic) bond motifs is 1. The second kappa shape index (κ2) is 6.43. The molecule has 1 amide bonds. The van der Waals surface area contributed by atoms with Gasteiger partial charge in [0.05, 0.1) is 0 Å².